The van der Waals surface area contributed by atoms with Crippen molar-refractivity contribution >= 4 is 31.8 Å². The Hall–Kier alpha value is -1.41. The van der Waals surface area contributed by atoms with Crippen LogP contribution in [0, 0.1) is 0 Å². The summed E-state index contributed by atoms with van der Waals surface area (Å²) in [4.78, 5) is 7.80. The Balaban J connectivity index is 2.30. The summed E-state index contributed by atoms with van der Waals surface area (Å²) in [5.41, 5.74) is 0. The number of nitrogens with one attached hydrogen (secondary N) is 1. The van der Waals surface area contributed by atoms with E-state index in [1.807, 2.05) is 6.92 Å². The average Bonchev–Trinajstić information content (AvgIpc) is 2.81. The van der Waals surface area contributed by atoms with Crippen molar-refractivity contribution in [3.05, 3.63) is 35.3 Å². The number of anilines is 1. The van der Waals surface area contributed by atoms with Gasteiger partial charge in [-0.05, 0) is 35.0 Å². The van der Waals surface area contributed by atoms with Crippen LogP contribution < -0.4 is 4.72 Å². The molecule has 0 aliphatic rings. The standard InChI is InChI=1S/C10H11BrN4O2S/c1-2-15-6-9(13-7-15)18(16,17)14-10-8(11)4-3-5-12-10/h3-7H,2H2,1H3,(H,12,14). The summed E-state index contributed by atoms with van der Waals surface area (Å²) in [7, 11) is -3.70. The maximum absolute atomic E-state index is 12.0. The molecule has 2 aromatic rings. The van der Waals surface area contributed by atoms with Gasteiger partial charge in [0.1, 0.15) is 0 Å². The number of hydrogen-bond donors (Lipinski definition) is 1. The maximum Gasteiger partial charge on any atom is 0.282 e. The van der Waals surface area contributed by atoms with E-state index in [1.165, 1.54) is 18.7 Å². The molecule has 0 unspecified atom stereocenters. The molecule has 0 saturated carbocycles. The molecule has 0 bridgehead atoms. The summed E-state index contributed by atoms with van der Waals surface area (Å²) in [6, 6.07) is 3.41. The third kappa shape index (κ3) is 2.70. The topological polar surface area (TPSA) is 76.9 Å². The van der Waals surface area contributed by atoms with Gasteiger partial charge in [0, 0.05) is 18.9 Å². The number of aromatic nitrogens is 3. The molecule has 0 aromatic carbocycles. The lowest BCUT2D eigenvalue weighted by molar-refractivity contribution is 0.597. The highest BCUT2D eigenvalue weighted by atomic mass is 79.9. The van der Waals surface area contributed by atoms with E-state index in [2.05, 4.69) is 30.6 Å². The second-order valence-corrected chi connectivity index (χ2v) is 5.97. The minimum Gasteiger partial charge on any atom is -0.336 e. The van der Waals surface area contributed by atoms with Crippen molar-refractivity contribution in [1.29, 1.82) is 0 Å². The quantitative estimate of drug-likeness (QED) is 0.928. The first kappa shape index (κ1) is 13.0. The first-order valence-electron chi connectivity index (χ1n) is 5.18. The van der Waals surface area contributed by atoms with Crippen LogP contribution in [0.1, 0.15) is 6.92 Å². The minimum atomic E-state index is -3.70. The molecule has 0 aliphatic carbocycles. The molecular formula is C10H11BrN4O2S. The predicted octanol–water partition coefficient (Wildman–Crippen LogP) is 1.86. The molecule has 0 aliphatic heterocycles. The monoisotopic (exact) mass is 330 g/mol. The number of aryl methyl sites for hydroxylation is 1. The second-order valence-electron chi connectivity index (χ2n) is 3.48. The lowest BCUT2D eigenvalue weighted by Crippen LogP contribution is -2.14. The lowest BCUT2D eigenvalue weighted by Gasteiger charge is -2.05. The zero-order valence-electron chi connectivity index (χ0n) is 9.54. The molecule has 8 heteroatoms. The maximum atomic E-state index is 12.0. The highest BCUT2D eigenvalue weighted by Crippen LogP contribution is 2.21. The summed E-state index contributed by atoms with van der Waals surface area (Å²) in [5.74, 6) is 0.239. The Morgan fingerprint density at radius 3 is 2.83 bits per heavy atom. The number of hydrogen-bond acceptors (Lipinski definition) is 4. The smallest absolute Gasteiger partial charge is 0.282 e. The summed E-state index contributed by atoms with van der Waals surface area (Å²) < 4.78 is 28.7. The Labute approximate surface area is 113 Å². The molecule has 2 rings (SSSR count). The van der Waals surface area contributed by atoms with E-state index in [0.717, 1.165) is 0 Å². The highest BCUT2D eigenvalue weighted by molar-refractivity contribution is 9.10. The van der Waals surface area contributed by atoms with Crippen molar-refractivity contribution < 1.29 is 8.42 Å². The summed E-state index contributed by atoms with van der Waals surface area (Å²) in [6.45, 7) is 2.57. The van der Waals surface area contributed by atoms with Gasteiger partial charge in [0.15, 0.2) is 10.8 Å². The molecule has 0 fully saturated rings. The molecule has 18 heavy (non-hydrogen) atoms. The number of halogens is 1. The van der Waals surface area contributed by atoms with E-state index >= 15 is 0 Å². The van der Waals surface area contributed by atoms with Gasteiger partial charge in [0.2, 0.25) is 0 Å². The molecular weight excluding hydrogens is 320 g/mol. The molecule has 0 spiro atoms. The van der Waals surface area contributed by atoms with Crippen LogP contribution in [0.2, 0.25) is 0 Å². The summed E-state index contributed by atoms with van der Waals surface area (Å²) >= 11 is 3.23. The zero-order chi connectivity index (χ0) is 13.2. The van der Waals surface area contributed by atoms with Crippen LogP contribution >= 0.6 is 15.9 Å². The van der Waals surface area contributed by atoms with Crippen molar-refractivity contribution in [2.75, 3.05) is 4.72 Å². The van der Waals surface area contributed by atoms with Crippen LogP contribution in [0.15, 0.2) is 40.4 Å². The fourth-order valence-corrected chi connectivity index (χ4v) is 2.76. The molecule has 0 saturated heterocycles. The third-order valence-electron chi connectivity index (χ3n) is 2.24. The van der Waals surface area contributed by atoms with Gasteiger partial charge in [-0.3, -0.25) is 4.72 Å². The van der Waals surface area contributed by atoms with E-state index in [-0.39, 0.29) is 10.8 Å². The Morgan fingerprint density at radius 2 is 2.22 bits per heavy atom. The van der Waals surface area contributed by atoms with Crippen LogP contribution in [-0.4, -0.2) is 23.0 Å². The molecule has 2 aromatic heterocycles. The Kier molecular flexibility index (Phi) is 3.67. The summed E-state index contributed by atoms with van der Waals surface area (Å²) in [6.07, 6.45) is 4.45. The SMILES string of the molecule is CCn1cnc(S(=O)(=O)Nc2ncccc2Br)c1. The largest absolute Gasteiger partial charge is 0.336 e. The van der Waals surface area contributed by atoms with Gasteiger partial charge in [-0.15, -0.1) is 0 Å². The fourth-order valence-electron chi connectivity index (χ4n) is 1.29. The van der Waals surface area contributed by atoms with E-state index in [0.29, 0.717) is 11.0 Å². The van der Waals surface area contributed by atoms with E-state index < -0.39 is 10.0 Å². The molecule has 2 heterocycles. The third-order valence-corrected chi connectivity index (χ3v) is 4.10. The van der Waals surface area contributed by atoms with Crippen LogP contribution in [-0.2, 0) is 16.6 Å². The first-order chi connectivity index (χ1) is 8.53. The van der Waals surface area contributed by atoms with Crippen molar-refractivity contribution in [2.45, 2.75) is 18.5 Å². The number of imidazole rings is 1. The fraction of sp³-hybridized carbons (Fsp3) is 0.200. The second kappa shape index (κ2) is 5.07. The van der Waals surface area contributed by atoms with Gasteiger partial charge in [0.25, 0.3) is 10.0 Å². The highest BCUT2D eigenvalue weighted by Gasteiger charge is 2.18. The molecule has 0 atom stereocenters. The van der Waals surface area contributed by atoms with Crippen LogP contribution in [0.25, 0.3) is 0 Å². The Morgan fingerprint density at radius 1 is 1.44 bits per heavy atom. The normalized spacial score (nSPS) is 11.4. The van der Waals surface area contributed by atoms with Crippen molar-refractivity contribution in [3.8, 4) is 0 Å². The average molecular weight is 331 g/mol. The molecule has 0 amide bonds. The number of nitrogens with zero attached hydrogens (tertiary/aromatic N) is 3. The zero-order valence-corrected chi connectivity index (χ0v) is 11.9. The van der Waals surface area contributed by atoms with E-state index in [1.54, 1.807) is 16.7 Å². The van der Waals surface area contributed by atoms with Crippen LogP contribution in [0.5, 0.6) is 0 Å². The van der Waals surface area contributed by atoms with Gasteiger partial charge >= 0.3 is 0 Å². The van der Waals surface area contributed by atoms with Crippen LogP contribution in [0.3, 0.4) is 0 Å². The van der Waals surface area contributed by atoms with E-state index in [9.17, 15) is 8.42 Å². The van der Waals surface area contributed by atoms with E-state index in [4.69, 9.17) is 0 Å². The van der Waals surface area contributed by atoms with Gasteiger partial charge in [0.05, 0.1) is 10.8 Å². The summed E-state index contributed by atoms with van der Waals surface area (Å²) in [5, 5.41) is -0.0260. The van der Waals surface area contributed by atoms with Gasteiger partial charge in [-0.1, -0.05) is 0 Å². The van der Waals surface area contributed by atoms with Crippen molar-refractivity contribution in [1.82, 2.24) is 14.5 Å². The number of pyridine rings is 1. The molecule has 0 radical (unpaired) electrons. The predicted molar refractivity (Wildman–Crippen MR) is 70.6 cm³/mol. The Bertz CT molecular complexity index is 653. The lowest BCUT2D eigenvalue weighted by atomic mass is 10.5. The number of rotatable bonds is 4. The minimum absolute atomic E-state index is 0.0260. The van der Waals surface area contributed by atoms with Gasteiger partial charge in [-0.2, -0.15) is 8.42 Å². The molecule has 96 valence electrons. The van der Waals surface area contributed by atoms with Gasteiger partial charge in [-0.25, -0.2) is 9.97 Å². The van der Waals surface area contributed by atoms with Crippen LogP contribution in [0.4, 0.5) is 5.82 Å². The van der Waals surface area contributed by atoms with Crippen molar-refractivity contribution in [2.24, 2.45) is 0 Å². The van der Waals surface area contributed by atoms with Gasteiger partial charge < -0.3 is 4.57 Å². The molecule has 6 nitrogen and oxygen atoms in total. The number of sulfonamides is 1. The van der Waals surface area contributed by atoms with Crippen molar-refractivity contribution in [3.63, 3.8) is 0 Å². The molecule has 1 N–H and O–H groups in total. The first-order valence-corrected chi connectivity index (χ1v) is 7.45.